The first-order chi connectivity index (χ1) is 7.67. The predicted molar refractivity (Wildman–Crippen MR) is 67.5 cm³/mol. The third-order valence-corrected chi connectivity index (χ3v) is 4.55. The van der Waals surface area contributed by atoms with E-state index < -0.39 is 0 Å². The minimum Gasteiger partial charge on any atom is -0.327 e. The van der Waals surface area contributed by atoms with E-state index in [-0.39, 0.29) is 0 Å². The van der Waals surface area contributed by atoms with Gasteiger partial charge in [0.25, 0.3) is 0 Å². The minimum absolute atomic E-state index is 0.354. The molecular weight excluding hydrogens is 194 g/mol. The lowest BCUT2D eigenvalue weighted by Gasteiger charge is -2.19. The molecule has 0 spiro atoms. The Balaban J connectivity index is 1.75. The molecule has 0 saturated heterocycles. The lowest BCUT2D eigenvalue weighted by molar-refractivity contribution is 0.433. The van der Waals surface area contributed by atoms with Crippen LogP contribution in [0.1, 0.15) is 42.9 Å². The quantitative estimate of drug-likeness (QED) is 0.824. The van der Waals surface area contributed by atoms with Gasteiger partial charge in [-0.2, -0.15) is 0 Å². The summed E-state index contributed by atoms with van der Waals surface area (Å²) in [4.78, 5) is 0. The zero-order valence-electron chi connectivity index (χ0n) is 10.1. The van der Waals surface area contributed by atoms with Crippen LogP contribution in [0, 0.1) is 5.41 Å². The van der Waals surface area contributed by atoms with Crippen molar-refractivity contribution in [2.45, 2.75) is 51.5 Å². The van der Waals surface area contributed by atoms with E-state index in [0.717, 1.165) is 6.42 Å². The van der Waals surface area contributed by atoms with Gasteiger partial charge in [0.15, 0.2) is 0 Å². The summed E-state index contributed by atoms with van der Waals surface area (Å²) in [6, 6.07) is 7.36. The van der Waals surface area contributed by atoms with Gasteiger partial charge in [-0.05, 0) is 60.6 Å². The summed E-state index contributed by atoms with van der Waals surface area (Å²) in [5, 5.41) is 0. The van der Waals surface area contributed by atoms with Gasteiger partial charge < -0.3 is 5.73 Å². The molecule has 1 aromatic carbocycles. The molecule has 1 fully saturated rings. The van der Waals surface area contributed by atoms with Gasteiger partial charge in [-0.1, -0.05) is 25.1 Å². The van der Waals surface area contributed by atoms with Gasteiger partial charge in [0.1, 0.15) is 0 Å². The molecule has 1 nitrogen and oxygen atoms in total. The Kier molecular flexibility index (Phi) is 2.32. The second-order valence-corrected chi connectivity index (χ2v) is 5.92. The molecule has 1 saturated carbocycles. The fourth-order valence-electron chi connectivity index (χ4n) is 2.82. The highest BCUT2D eigenvalue weighted by Crippen LogP contribution is 2.48. The van der Waals surface area contributed by atoms with Gasteiger partial charge in [-0.3, -0.25) is 0 Å². The van der Waals surface area contributed by atoms with Crippen LogP contribution in [-0.4, -0.2) is 6.04 Å². The molecule has 0 aromatic heterocycles. The van der Waals surface area contributed by atoms with Crippen molar-refractivity contribution in [3.63, 3.8) is 0 Å². The van der Waals surface area contributed by atoms with Crippen LogP contribution in [0.2, 0.25) is 0 Å². The summed E-state index contributed by atoms with van der Waals surface area (Å²) in [6.45, 7) is 2.32. The molecule has 0 radical (unpaired) electrons. The van der Waals surface area contributed by atoms with Crippen molar-refractivity contribution in [1.29, 1.82) is 0 Å². The zero-order valence-corrected chi connectivity index (χ0v) is 10.1. The van der Waals surface area contributed by atoms with Gasteiger partial charge >= 0.3 is 0 Å². The Bertz CT molecular complexity index is 404. The maximum atomic E-state index is 6.29. The highest BCUT2D eigenvalue weighted by atomic mass is 14.7. The average molecular weight is 215 g/mol. The first-order valence-electron chi connectivity index (χ1n) is 6.54. The number of fused-ring (bicyclic) bond motifs is 1. The standard InChI is InChI=1S/C15H21N/c1-15(7-8-15)14(16)10-11-5-6-12-3-2-4-13(12)9-11/h5-6,9,14H,2-4,7-8,10,16H2,1H3. The van der Waals surface area contributed by atoms with Crippen LogP contribution in [0.3, 0.4) is 0 Å². The Morgan fingerprint density at radius 1 is 1.25 bits per heavy atom. The summed E-state index contributed by atoms with van der Waals surface area (Å²) in [5.41, 5.74) is 11.3. The molecule has 2 aliphatic carbocycles. The molecule has 0 heterocycles. The minimum atomic E-state index is 0.354. The summed E-state index contributed by atoms with van der Waals surface area (Å²) in [7, 11) is 0. The van der Waals surface area contributed by atoms with E-state index in [2.05, 4.69) is 25.1 Å². The van der Waals surface area contributed by atoms with Gasteiger partial charge in [0, 0.05) is 6.04 Å². The molecule has 1 atom stereocenters. The summed E-state index contributed by atoms with van der Waals surface area (Å²) in [5.74, 6) is 0. The van der Waals surface area contributed by atoms with E-state index in [0.29, 0.717) is 11.5 Å². The number of aryl methyl sites for hydroxylation is 2. The van der Waals surface area contributed by atoms with Gasteiger partial charge in [-0.15, -0.1) is 0 Å². The monoisotopic (exact) mass is 215 g/mol. The van der Waals surface area contributed by atoms with Crippen molar-refractivity contribution in [1.82, 2.24) is 0 Å². The molecule has 0 bridgehead atoms. The van der Waals surface area contributed by atoms with Crippen LogP contribution in [0.25, 0.3) is 0 Å². The Morgan fingerprint density at radius 2 is 2.00 bits per heavy atom. The predicted octanol–water partition coefficient (Wildman–Crippen LogP) is 2.85. The highest BCUT2D eigenvalue weighted by Gasteiger charge is 2.42. The van der Waals surface area contributed by atoms with Crippen molar-refractivity contribution in [2.75, 3.05) is 0 Å². The molecule has 86 valence electrons. The zero-order chi connectivity index (χ0) is 11.2. The highest BCUT2D eigenvalue weighted by molar-refractivity contribution is 5.35. The molecular formula is C15H21N. The normalized spacial score (nSPS) is 22.9. The van der Waals surface area contributed by atoms with E-state index in [9.17, 15) is 0 Å². The Morgan fingerprint density at radius 3 is 2.75 bits per heavy atom. The fraction of sp³-hybridized carbons (Fsp3) is 0.600. The molecule has 0 aliphatic heterocycles. The number of nitrogens with two attached hydrogens (primary N) is 1. The van der Waals surface area contributed by atoms with Crippen LogP contribution in [0.4, 0.5) is 0 Å². The van der Waals surface area contributed by atoms with E-state index in [4.69, 9.17) is 5.73 Å². The average Bonchev–Trinajstić information content (AvgIpc) is 2.87. The topological polar surface area (TPSA) is 26.0 Å². The van der Waals surface area contributed by atoms with Crippen molar-refractivity contribution < 1.29 is 0 Å². The van der Waals surface area contributed by atoms with Crippen molar-refractivity contribution in [3.8, 4) is 0 Å². The van der Waals surface area contributed by atoms with Crippen LogP contribution >= 0.6 is 0 Å². The fourth-order valence-corrected chi connectivity index (χ4v) is 2.82. The molecule has 1 unspecified atom stereocenters. The largest absolute Gasteiger partial charge is 0.327 e. The number of rotatable bonds is 3. The summed E-state index contributed by atoms with van der Waals surface area (Å²) in [6.07, 6.45) is 7.58. The third-order valence-electron chi connectivity index (χ3n) is 4.55. The van der Waals surface area contributed by atoms with E-state index in [1.54, 1.807) is 11.1 Å². The number of benzene rings is 1. The summed E-state index contributed by atoms with van der Waals surface area (Å²) >= 11 is 0. The second-order valence-electron chi connectivity index (χ2n) is 5.92. The molecule has 2 aliphatic rings. The van der Waals surface area contributed by atoms with E-state index in [1.165, 1.54) is 37.7 Å². The van der Waals surface area contributed by atoms with Crippen molar-refractivity contribution >= 4 is 0 Å². The smallest absolute Gasteiger partial charge is 0.0133 e. The molecule has 0 amide bonds. The van der Waals surface area contributed by atoms with Crippen molar-refractivity contribution in [3.05, 3.63) is 34.9 Å². The van der Waals surface area contributed by atoms with Crippen LogP contribution < -0.4 is 5.73 Å². The molecule has 1 aromatic rings. The molecule has 3 rings (SSSR count). The van der Waals surface area contributed by atoms with Crippen molar-refractivity contribution in [2.24, 2.45) is 11.1 Å². The molecule has 16 heavy (non-hydrogen) atoms. The van der Waals surface area contributed by atoms with E-state index >= 15 is 0 Å². The van der Waals surface area contributed by atoms with Gasteiger partial charge in [-0.25, -0.2) is 0 Å². The Labute approximate surface area is 98.0 Å². The number of hydrogen-bond acceptors (Lipinski definition) is 1. The first-order valence-corrected chi connectivity index (χ1v) is 6.54. The van der Waals surface area contributed by atoms with Crippen LogP contribution in [0.5, 0.6) is 0 Å². The number of hydrogen-bond donors (Lipinski definition) is 1. The van der Waals surface area contributed by atoms with Crippen LogP contribution in [-0.2, 0) is 19.3 Å². The lowest BCUT2D eigenvalue weighted by Crippen LogP contribution is -2.31. The maximum Gasteiger partial charge on any atom is 0.0133 e. The SMILES string of the molecule is CC1(C(N)Cc2ccc3c(c2)CCC3)CC1. The first kappa shape index (κ1) is 10.3. The lowest BCUT2D eigenvalue weighted by atomic mass is 9.92. The second kappa shape index (κ2) is 3.59. The third kappa shape index (κ3) is 1.78. The maximum absolute atomic E-state index is 6.29. The van der Waals surface area contributed by atoms with Gasteiger partial charge in [0.05, 0.1) is 0 Å². The van der Waals surface area contributed by atoms with Crippen LogP contribution in [0.15, 0.2) is 18.2 Å². The van der Waals surface area contributed by atoms with E-state index in [1.807, 2.05) is 0 Å². The molecule has 1 heteroatoms. The van der Waals surface area contributed by atoms with Gasteiger partial charge in [0.2, 0.25) is 0 Å². The summed E-state index contributed by atoms with van der Waals surface area (Å²) < 4.78 is 0. The Hall–Kier alpha value is -0.820. The molecule has 2 N–H and O–H groups in total.